The summed E-state index contributed by atoms with van der Waals surface area (Å²) in [4.78, 5) is 20.8. The van der Waals surface area contributed by atoms with Crippen LogP contribution in [0.5, 0.6) is 5.75 Å². The third kappa shape index (κ3) is 3.75. The number of nitrogens with two attached hydrogens (primary N) is 1. The van der Waals surface area contributed by atoms with E-state index in [9.17, 15) is 4.79 Å². The van der Waals surface area contributed by atoms with Crippen molar-refractivity contribution in [2.45, 2.75) is 51.2 Å². The summed E-state index contributed by atoms with van der Waals surface area (Å²) < 4.78 is 10.4. The normalized spacial score (nSPS) is 22.0. The molecule has 5 aromatic rings. The number of H-pyrrole nitrogens is 1. The summed E-state index contributed by atoms with van der Waals surface area (Å²) in [6.07, 6.45) is 6.49. The largest absolute Gasteiger partial charge is 0.494 e. The van der Waals surface area contributed by atoms with Gasteiger partial charge in [0.1, 0.15) is 11.3 Å². The SMILES string of the molecule is COc1cc(C(=O)N2CC3CCC2[C@@H]3N)cc2nc(-c3cc4ccc(-c5cn[nH]c5C)cc4n3CC3CC3)n(C)c12. The molecular weight excluding hydrogens is 514 g/mol. The van der Waals surface area contributed by atoms with Crippen molar-refractivity contribution in [3.8, 4) is 28.4 Å². The Balaban J connectivity index is 1.25. The van der Waals surface area contributed by atoms with E-state index in [1.807, 2.05) is 30.3 Å². The first-order valence-corrected chi connectivity index (χ1v) is 14.7. The molecule has 2 aromatic carbocycles. The lowest BCUT2D eigenvalue weighted by Crippen LogP contribution is -2.41. The minimum Gasteiger partial charge on any atom is -0.494 e. The molecule has 3 fully saturated rings. The summed E-state index contributed by atoms with van der Waals surface area (Å²) in [5.74, 6) is 2.62. The van der Waals surface area contributed by atoms with Gasteiger partial charge in [-0.15, -0.1) is 0 Å². The highest BCUT2D eigenvalue weighted by atomic mass is 16.5. The third-order valence-corrected chi connectivity index (χ3v) is 9.73. The van der Waals surface area contributed by atoms with E-state index in [1.165, 1.54) is 23.7 Å². The van der Waals surface area contributed by atoms with Gasteiger partial charge in [-0.2, -0.15) is 5.10 Å². The number of carbonyl (C=O) groups excluding carboxylic acids is 1. The predicted octanol–water partition coefficient (Wildman–Crippen LogP) is 4.87. The molecule has 4 heterocycles. The first kappa shape index (κ1) is 24.7. The van der Waals surface area contributed by atoms with Gasteiger partial charge in [0.15, 0.2) is 5.82 Å². The number of methoxy groups -OCH3 is 1. The van der Waals surface area contributed by atoms with Gasteiger partial charge in [0, 0.05) is 59.9 Å². The molecule has 3 N–H and O–H groups in total. The number of hydrogen-bond donors (Lipinski definition) is 2. The average molecular weight is 550 g/mol. The Kier molecular flexibility index (Phi) is 5.38. The highest BCUT2D eigenvalue weighted by Crippen LogP contribution is 2.41. The van der Waals surface area contributed by atoms with Crippen LogP contribution in [0.3, 0.4) is 0 Å². The van der Waals surface area contributed by atoms with Crippen molar-refractivity contribution >= 4 is 27.8 Å². The van der Waals surface area contributed by atoms with Crippen LogP contribution in [-0.2, 0) is 13.6 Å². The smallest absolute Gasteiger partial charge is 0.254 e. The Labute approximate surface area is 238 Å². The first-order valence-electron chi connectivity index (χ1n) is 14.7. The lowest BCUT2D eigenvalue weighted by atomic mass is 10.1. The Morgan fingerprint density at radius 3 is 2.68 bits per heavy atom. The monoisotopic (exact) mass is 549 g/mol. The standard InChI is InChI=1S/C32H35N7O2/c1-17-23(14-34-36-17)19-6-7-20-12-27(38(26(20)11-19)15-18-4-5-18)31-35-24-10-22(13-28(41-3)30(24)37(31)2)32(40)39-16-21-8-9-25(39)29(21)33/h6-7,10-14,18,21,25,29H,4-5,8-9,15-16,33H2,1-3H3,(H,34,36)/t21?,25?,29-/m1/s1. The number of piperidine rings is 1. The number of ether oxygens (including phenoxy) is 1. The van der Waals surface area contributed by atoms with E-state index in [2.05, 4.69) is 50.5 Å². The lowest BCUT2D eigenvalue weighted by Gasteiger charge is -2.27. The summed E-state index contributed by atoms with van der Waals surface area (Å²) in [5, 5.41) is 8.48. The molecule has 0 spiro atoms. The van der Waals surface area contributed by atoms with Crippen LogP contribution in [0.4, 0.5) is 0 Å². The third-order valence-electron chi connectivity index (χ3n) is 9.73. The second-order valence-electron chi connectivity index (χ2n) is 12.2. The number of hydrogen-bond acceptors (Lipinski definition) is 5. The average Bonchev–Trinajstić information content (AvgIpc) is 3.23. The fourth-order valence-electron chi connectivity index (χ4n) is 7.27. The van der Waals surface area contributed by atoms with Gasteiger partial charge >= 0.3 is 0 Å². The first-order chi connectivity index (χ1) is 19.9. The van der Waals surface area contributed by atoms with Crippen LogP contribution in [0.15, 0.2) is 42.6 Å². The molecule has 8 rings (SSSR count). The Morgan fingerprint density at radius 1 is 1.15 bits per heavy atom. The zero-order valence-corrected chi connectivity index (χ0v) is 23.7. The van der Waals surface area contributed by atoms with E-state index in [1.54, 1.807) is 7.11 Å². The summed E-state index contributed by atoms with van der Waals surface area (Å²) in [7, 11) is 3.69. The van der Waals surface area contributed by atoms with E-state index in [0.717, 1.165) is 65.3 Å². The highest BCUT2D eigenvalue weighted by Gasteiger charge is 2.47. The minimum absolute atomic E-state index is 0.0185. The number of carbonyl (C=O) groups is 1. The fraction of sp³-hybridized carbons (Fsp3) is 0.406. The number of nitrogens with zero attached hydrogens (tertiary/aromatic N) is 5. The number of aryl methyl sites for hydroxylation is 2. The minimum atomic E-state index is 0.0185. The van der Waals surface area contributed by atoms with Gasteiger partial charge < -0.3 is 24.5 Å². The van der Waals surface area contributed by atoms with E-state index < -0.39 is 0 Å². The summed E-state index contributed by atoms with van der Waals surface area (Å²) in [5.41, 5.74) is 14.3. The van der Waals surface area contributed by atoms with Crippen molar-refractivity contribution in [1.29, 1.82) is 0 Å². The molecule has 9 heteroatoms. The number of benzene rings is 2. The number of amides is 1. The molecule has 1 amide bonds. The topological polar surface area (TPSA) is 107 Å². The second kappa shape index (κ2) is 8.94. The van der Waals surface area contributed by atoms with Crippen LogP contribution >= 0.6 is 0 Å². The summed E-state index contributed by atoms with van der Waals surface area (Å²) >= 11 is 0. The number of imidazole rings is 1. The second-order valence-corrected chi connectivity index (χ2v) is 12.2. The van der Waals surface area contributed by atoms with Crippen LogP contribution in [0.1, 0.15) is 41.7 Å². The lowest BCUT2D eigenvalue weighted by molar-refractivity contribution is 0.0700. The molecule has 2 bridgehead atoms. The van der Waals surface area contributed by atoms with Gasteiger partial charge in [0.05, 0.1) is 24.5 Å². The zero-order chi connectivity index (χ0) is 28.0. The van der Waals surface area contributed by atoms with Crippen LogP contribution < -0.4 is 10.5 Å². The van der Waals surface area contributed by atoms with Crippen LogP contribution in [0, 0.1) is 18.8 Å². The van der Waals surface area contributed by atoms with Crippen LogP contribution in [0.25, 0.3) is 44.6 Å². The van der Waals surface area contributed by atoms with Gasteiger partial charge in [-0.25, -0.2) is 4.98 Å². The quantitative estimate of drug-likeness (QED) is 0.314. The van der Waals surface area contributed by atoms with Crippen molar-refractivity contribution in [3.63, 3.8) is 0 Å². The number of rotatable bonds is 6. The number of aromatic amines is 1. The van der Waals surface area contributed by atoms with E-state index in [4.69, 9.17) is 15.5 Å². The van der Waals surface area contributed by atoms with Gasteiger partial charge in [-0.1, -0.05) is 12.1 Å². The molecule has 0 radical (unpaired) electrons. The molecular formula is C32H35N7O2. The molecule has 1 saturated heterocycles. The highest BCUT2D eigenvalue weighted by molar-refractivity contribution is 6.00. The zero-order valence-electron chi connectivity index (χ0n) is 23.7. The number of nitrogens with one attached hydrogen (secondary N) is 1. The van der Waals surface area contributed by atoms with E-state index >= 15 is 0 Å². The Morgan fingerprint density at radius 2 is 2.00 bits per heavy atom. The predicted molar refractivity (Wildman–Crippen MR) is 159 cm³/mol. The van der Waals surface area contributed by atoms with Crippen molar-refractivity contribution < 1.29 is 9.53 Å². The molecule has 3 atom stereocenters. The number of aromatic nitrogens is 5. The van der Waals surface area contributed by atoms with Crippen molar-refractivity contribution in [2.24, 2.45) is 24.6 Å². The molecule has 2 aliphatic carbocycles. The van der Waals surface area contributed by atoms with Gasteiger partial charge in [0.2, 0.25) is 0 Å². The van der Waals surface area contributed by atoms with Gasteiger partial charge in [0.25, 0.3) is 5.91 Å². The van der Waals surface area contributed by atoms with Crippen molar-refractivity contribution in [1.82, 2.24) is 29.2 Å². The maximum absolute atomic E-state index is 13.7. The number of fused-ring (bicyclic) bond motifs is 4. The van der Waals surface area contributed by atoms with Crippen LogP contribution in [-0.4, -0.2) is 60.9 Å². The molecule has 210 valence electrons. The Bertz CT molecular complexity index is 1840. The molecule has 9 nitrogen and oxygen atoms in total. The van der Waals surface area contributed by atoms with Crippen LogP contribution in [0.2, 0.25) is 0 Å². The summed E-state index contributed by atoms with van der Waals surface area (Å²) in [6.45, 7) is 3.74. The maximum atomic E-state index is 13.7. The fourth-order valence-corrected chi connectivity index (χ4v) is 7.27. The van der Waals surface area contributed by atoms with Crippen molar-refractivity contribution in [3.05, 3.63) is 53.9 Å². The molecule has 1 aliphatic heterocycles. The molecule has 3 aromatic heterocycles. The van der Waals surface area contributed by atoms with E-state index in [-0.39, 0.29) is 18.0 Å². The Hall–Kier alpha value is -4.11. The van der Waals surface area contributed by atoms with Gasteiger partial charge in [-0.05, 0) is 74.3 Å². The molecule has 2 unspecified atom stereocenters. The van der Waals surface area contributed by atoms with Gasteiger partial charge in [-0.3, -0.25) is 9.89 Å². The molecule has 2 saturated carbocycles. The summed E-state index contributed by atoms with van der Waals surface area (Å²) in [6, 6.07) is 12.9. The van der Waals surface area contributed by atoms with Crippen molar-refractivity contribution in [2.75, 3.05) is 13.7 Å². The maximum Gasteiger partial charge on any atom is 0.254 e. The van der Waals surface area contributed by atoms with E-state index in [0.29, 0.717) is 23.1 Å². The number of likely N-dealkylation sites (tertiary alicyclic amines) is 1. The molecule has 3 aliphatic rings. The molecule has 41 heavy (non-hydrogen) atoms.